The number of pyridine rings is 2. The molecule has 0 radical (unpaired) electrons. The summed E-state index contributed by atoms with van der Waals surface area (Å²) in [6.45, 7) is 3.45. The molecule has 6 heteroatoms. The van der Waals surface area contributed by atoms with E-state index in [1.54, 1.807) is 45.5 Å². The minimum absolute atomic E-state index is 0.0314. The zero-order chi connectivity index (χ0) is 22.0. The number of aryl methyl sites for hydroxylation is 1. The van der Waals surface area contributed by atoms with Gasteiger partial charge in [-0.05, 0) is 38.1 Å². The zero-order valence-corrected chi connectivity index (χ0v) is 17.8. The van der Waals surface area contributed by atoms with E-state index in [4.69, 9.17) is 14.2 Å². The van der Waals surface area contributed by atoms with Crippen LogP contribution in [0.4, 0.5) is 0 Å². The predicted octanol–water partition coefficient (Wildman–Crippen LogP) is 5.62. The van der Waals surface area contributed by atoms with Gasteiger partial charge in [-0.2, -0.15) is 0 Å². The average Bonchev–Trinajstić information content (AvgIpc) is 2.79. The number of rotatable bonds is 6. The summed E-state index contributed by atoms with van der Waals surface area (Å²) in [5, 5.41) is 0.770. The number of methoxy groups -OCH3 is 2. The van der Waals surface area contributed by atoms with Crippen molar-refractivity contribution in [3.05, 3.63) is 72.1 Å². The maximum atomic E-state index is 12.2. The minimum Gasteiger partial charge on any atom is -0.493 e. The Morgan fingerprint density at radius 2 is 1.61 bits per heavy atom. The number of hydrogen-bond acceptors (Lipinski definition) is 6. The maximum Gasteiger partial charge on any atom is 0.162 e. The summed E-state index contributed by atoms with van der Waals surface area (Å²) < 4.78 is 17.2. The maximum absolute atomic E-state index is 12.2. The molecule has 2 aromatic heterocycles. The molecule has 0 aliphatic rings. The van der Waals surface area contributed by atoms with Gasteiger partial charge in [-0.1, -0.05) is 24.3 Å². The van der Waals surface area contributed by atoms with Crippen LogP contribution >= 0.6 is 0 Å². The molecule has 0 N–H and O–H groups in total. The van der Waals surface area contributed by atoms with E-state index in [1.165, 1.54) is 0 Å². The average molecular weight is 414 g/mol. The summed E-state index contributed by atoms with van der Waals surface area (Å²) in [7, 11) is 3.17. The van der Waals surface area contributed by atoms with Crippen molar-refractivity contribution in [2.45, 2.75) is 13.8 Å². The van der Waals surface area contributed by atoms with Crippen molar-refractivity contribution in [3.63, 3.8) is 0 Å². The first kappa shape index (κ1) is 20.3. The lowest BCUT2D eigenvalue weighted by Gasteiger charge is -2.15. The van der Waals surface area contributed by atoms with Crippen molar-refractivity contribution in [2.75, 3.05) is 14.2 Å². The van der Waals surface area contributed by atoms with Gasteiger partial charge >= 0.3 is 0 Å². The van der Waals surface area contributed by atoms with E-state index < -0.39 is 0 Å². The van der Waals surface area contributed by atoms with Gasteiger partial charge in [-0.3, -0.25) is 9.78 Å². The van der Waals surface area contributed by atoms with Crippen LogP contribution in [0, 0.1) is 6.92 Å². The first-order valence-electron chi connectivity index (χ1n) is 9.78. The number of carbonyl (C=O) groups is 1. The van der Waals surface area contributed by atoms with Crippen molar-refractivity contribution in [2.24, 2.45) is 0 Å². The lowest BCUT2D eigenvalue weighted by Crippen LogP contribution is -2.00. The third-order valence-corrected chi connectivity index (χ3v) is 4.99. The molecule has 0 fully saturated rings. The van der Waals surface area contributed by atoms with Crippen molar-refractivity contribution < 1.29 is 19.0 Å². The van der Waals surface area contributed by atoms with Gasteiger partial charge in [0.1, 0.15) is 11.4 Å². The van der Waals surface area contributed by atoms with Crippen molar-refractivity contribution in [1.29, 1.82) is 0 Å². The highest BCUT2D eigenvalue weighted by molar-refractivity contribution is 6.01. The van der Waals surface area contributed by atoms with Crippen LogP contribution in [0.5, 0.6) is 23.0 Å². The van der Waals surface area contributed by atoms with Crippen LogP contribution in [0.3, 0.4) is 0 Å². The molecule has 0 bridgehead atoms. The lowest BCUT2D eigenvalue weighted by atomic mass is 10.0. The fraction of sp³-hybridized carbons (Fsp3) is 0.160. The Kier molecular flexibility index (Phi) is 5.54. The van der Waals surface area contributed by atoms with Gasteiger partial charge in [0.15, 0.2) is 23.0 Å². The third-order valence-electron chi connectivity index (χ3n) is 4.99. The van der Waals surface area contributed by atoms with Crippen LogP contribution in [0.2, 0.25) is 0 Å². The molecule has 156 valence electrons. The molecule has 0 saturated heterocycles. The Labute approximate surface area is 180 Å². The van der Waals surface area contributed by atoms with E-state index in [-0.39, 0.29) is 5.78 Å². The second-order valence-corrected chi connectivity index (χ2v) is 7.04. The van der Waals surface area contributed by atoms with E-state index >= 15 is 0 Å². The summed E-state index contributed by atoms with van der Waals surface area (Å²) >= 11 is 0. The molecular formula is C25H22N2O4. The van der Waals surface area contributed by atoms with Gasteiger partial charge in [0.05, 0.1) is 19.7 Å². The summed E-state index contributed by atoms with van der Waals surface area (Å²) in [6.07, 6.45) is 1.67. The fourth-order valence-electron chi connectivity index (χ4n) is 3.47. The number of aromatic nitrogens is 2. The van der Waals surface area contributed by atoms with Crippen LogP contribution in [0.15, 0.2) is 60.8 Å². The molecule has 0 aliphatic carbocycles. The molecule has 2 aromatic carbocycles. The first-order chi connectivity index (χ1) is 15.0. The van der Waals surface area contributed by atoms with E-state index in [0.717, 1.165) is 16.6 Å². The molecule has 0 spiro atoms. The number of nitrogens with zero attached hydrogens (tertiary/aromatic N) is 2. The number of hydrogen-bond donors (Lipinski definition) is 0. The highest BCUT2D eigenvalue weighted by Gasteiger charge is 2.17. The van der Waals surface area contributed by atoms with Crippen LogP contribution in [-0.4, -0.2) is 30.0 Å². The Morgan fingerprint density at radius 1 is 0.871 bits per heavy atom. The fourth-order valence-corrected chi connectivity index (χ4v) is 3.47. The molecule has 0 amide bonds. The summed E-state index contributed by atoms with van der Waals surface area (Å²) in [4.78, 5) is 21.3. The van der Waals surface area contributed by atoms with Crippen molar-refractivity contribution in [1.82, 2.24) is 9.97 Å². The largest absolute Gasteiger partial charge is 0.493 e. The Morgan fingerprint density at radius 3 is 2.35 bits per heavy atom. The Balaban J connectivity index is 1.87. The second kappa shape index (κ2) is 8.44. The van der Waals surface area contributed by atoms with E-state index in [1.807, 2.05) is 43.3 Å². The van der Waals surface area contributed by atoms with Gasteiger partial charge in [0.2, 0.25) is 0 Å². The van der Waals surface area contributed by atoms with Crippen LogP contribution in [0.1, 0.15) is 23.0 Å². The highest BCUT2D eigenvalue weighted by atomic mass is 16.5. The predicted molar refractivity (Wildman–Crippen MR) is 119 cm³/mol. The summed E-state index contributed by atoms with van der Waals surface area (Å²) in [5.41, 5.74) is 3.46. The topological polar surface area (TPSA) is 70.5 Å². The smallest absolute Gasteiger partial charge is 0.162 e. The number of fused-ring (bicyclic) bond motifs is 1. The van der Waals surface area contributed by atoms with E-state index in [9.17, 15) is 4.79 Å². The minimum atomic E-state index is -0.0314. The van der Waals surface area contributed by atoms with Crippen LogP contribution in [-0.2, 0) is 0 Å². The number of Topliss-reactive ketones (excluding diaryl/α,β-unsaturated/α-hetero) is 1. The zero-order valence-electron chi connectivity index (χ0n) is 17.8. The molecule has 4 rings (SSSR count). The molecule has 4 aromatic rings. The summed E-state index contributed by atoms with van der Waals surface area (Å²) in [5.74, 6) is 2.28. The van der Waals surface area contributed by atoms with Crippen molar-refractivity contribution >= 4 is 16.7 Å². The number of benzene rings is 2. The molecule has 2 heterocycles. The third kappa shape index (κ3) is 3.92. The van der Waals surface area contributed by atoms with Gasteiger partial charge in [-0.15, -0.1) is 0 Å². The van der Waals surface area contributed by atoms with E-state index in [2.05, 4.69) is 9.97 Å². The molecular weight excluding hydrogens is 392 g/mol. The molecule has 0 saturated carbocycles. The molecule has 0 unspecified atom stereocenters. The molecule has 6 nitrogen and oxygen atoms in total. The molecule has 0 aliphatic heterocycles. The first-order valence-corrected chi connectivity index (χ1v) is 9.78. The molecule has 31 heavy (non-hydrogen) atoms. The van der Waals surface area contributed by atoms with Crippen LogP contribution in [0.25, 0.3) is 22.2 Å². The monoisotopic (exact) mass is 414 g/mol. The second-order valence-electron chi connectivity index (χ2n) is 7.04. The highest BCUT2D eigenvalue weighted by Crippen LogP contribution is 2.39. The van der Waals surface area contributed by atoms with Gasteiger partial charge in [-0.25, -0.2) is 4.98 Å². The quantitative estimate of drug-likeness (QED) is 0.382. The van der Waals surface area contributed by atoms with E-state index in [0.29, 0.717) is 39.8 Å². The van der Waals surface area contributed by atoms with Gasteiger partial charge in [0.25, 0.3) is 0 Å². The van der Waals surface area contributed by atoms with Gasteiger partial charge in [0, 0.05) is 34.5 Å². The Bertz CT molecular complexity index is 1280. The normalized spacial score (nSPS) is 10.7. The number of carbonyl (C=O) groups excluding carboxylic acids is 1. The number of ether oxygens (including phenoxy) is 3. The summed E-state index contributed by atoms with van der Waals surface area (Å²) in [6, 6.07) is 16.6. The molecule has 0 atom stereocenters. The Hall–Kier alpha value is -3.93. The van der Waals surface area contributed by atoms with Crippen molar-refractivity contribution in [3.8, 4) is 34.3 Å². The SMILES string of the molecule is COc1cc2nccc(Oc3ccc(C)nc3-c3ccccc3C(C)=O)c2cc1OC. The van der Waals surface area contributed by atoms with Crippen LogP contribution < -0.4 is 14.2 Å². The number of ketones is 1. The standard InChI is InChI=1S/C25H22N2O4/c1-15-9-10-22(25(27-15)18-8-6-5-7-17(18)16(2)28)31-21-11-12-26-20-14-24(30-4)23(29-3)13-19(20)21/h5-14H,1-4H3. The lowest BCUT2D eigenvalue weighted by molar-refractivity contribution is 0.101. The van der Waals surface area contributed by atoms with Gasteiger partial charge < -0.3 is 14.2 Å².